The summed E-state index contributed by atoms with van der Waals surface area (Å²) in [7, 11) is 0. The zero-order valence-electron chi connectivity index (χ0n) is 21.5. The highest BCUT2D eigenvalue weighted by Gasteiger charge is 2.49. The zero-order chi connectivity index (χ0) is 27.6. The van der Waals surface area contributed by atoms with Crippen molar-refractivity contribution in [2.75, 3.05) is 37.7 Å². The molecule has 38 heavy (non-hydrogen) atoms. The number of phenols is 1. The van der Waals surface area contributed by atoms with E-state index in [1.807, 2.05) is 18.7 Å². The number of hydrogen-bond donors (Lipinski definition) is 2. The summed E-state index contributed by atoms with van der Waals surface area (Å²) in [4.78, 5) is 36.1. The van der Waals surface area contributed by atoms with Crippen molar-refractivity contribution in [1.82, 2.24) is 14.8 Å². The number of amides is 2. The average molecular weight is 545 g/mol. The lowest BCUT2D eigenvalue weighted by Crippen LogP contribution is -2.57. The number of carbonyl (C=O) groups is 2. The van der Waals surface area contributed by atoms with E-state index >= 15 is 4.39 Å². The van der Waals surface area contributed by atoms with Crippen LogP contribution in [0, 0.1) is 5.82 Å². The molecule has 2 atom stereocenters. The van der Waals surface area contributed by atoms with Crippen molar-refractivity contribution in [1.29, 1.82) is 0 Å². The molecule has 1 aromatic heterocycles. The molecule has 2 N–H and O–H groups in total. The number of rotatable bonds is 3. The minimum atomic E-state index is -1.08. The van der Waals surface area contributed by atoms with Gasteiger partial charge in [-0.25, -0.2) is 9.37 Å². The molecule has 4 heterocycles. The number of piperazine rings is 1. The molecule has 1 aromatic carbocycles. The lowest BCUT2D eigenvalue weighted by atomic mass is 9.94. The standard InChI is InChI=1S/C27H30ClFN4O5/c1-5-18(35)31-9-10-32-15(11-31)12-38-23-20(25(32)36)24(33-14-27(4,37)13-26(33,2)3)30-22(21(23)28)19-16(29)7-6-8-17(19)34/h5-8,15,34,37H,1,9-14H2,2-4H3/t15-,27+/m1/s1. The number of aromatic nitrogens is 1. The summed E-state index contributed by atoms with van der Waals surface area (Å²) < 4.78 is 21.2. The maximum Gasteiger partial charge on any atom is 0.261 e. The van der Waals surface area contributed by atoms with Crippen molar-refractivity contribution >= 4 is 29.2 Å². The van der Waals surface area contributed by atoms with Crippen LogP contribution in [0.1, 0.15) is 37.6 Å². The fourth-order valence-corrected chi connectivity index (χ4v) is 6.17. The van der Waals surface area contributed by atoms with Crippen LogP contribution in [-0.4, -0.2) is 86.8 Å². The van der Waals surface area contributed by atoms with E-state index in [0.29, 0.717) is 13.0 Å². The third kappa shape index (κ3) is 4.25. The molecular formula is C27H30ClFN4O5. The third-order valence-electron chi connectivity index (χ3n) is 7.47. The van der Waals surface area contributed by atoms with Crippen molar-refractivity contribution in [2.24, 2.45) is 0 Å². The number of pyridine rings is 1. The number of aromatic hydroxyl groups is 1. The number of anilines is 1. The molecule has 3 aliphatic rings. The van der Waals surface area contributed by atoms with Crippen LogP contribution in [0.3, 0.4) is 0 Å². The second kappa shape index (κ2) is 9.13. The summed E-state index contributed by atoms with van der Waals surface area (Å²) in [5.74, 6) is -1.53. The van der Waals surface area contributed by atoms with Gasteiger partial charge in [-0.05, 0) is 39.0 Å². The number of nitrogens with zero attached hydrogens (tertiary/aromatic N) is 4. The number of β-amino-alcohol motifs (C(OH)–C–C–N with tert-alkyl or cyclic N) is 1. The number of hydrogen-bond acceptors (Lipinski definition) is 7. The van der Waals surface area contributed by atoms with Crippen molar-refractivity contribution in [3.63, 3.8) is 0 Å². The predicted octanol–water partition coefficient (Wildman–Crippen LogP) is 3.22. The monoisotopic (exact) mass is 544 g/mol. The predicted molar refractivity (Wildman–Crippen MR) is 140 cm³/mol. The molecular weight excluding hydrogens is 515 g/mol. The molecule has 2 saturated heterocycles. The molecule has 0 aliphatic carbocycles. The van der Waals surface area contributed by atoms with E-state index in [-0.39, 0.29) is 77.2 Å². The molecule has 0 spiro atoms. The number of halogens is 2. The van der Waals surface area contributed by atoms with Crippen molar-refractivity contribution in [3.8, 4) is 22.8 Å². The first-order chi connectivity index (χ1) is 17.8. The number of aliphatic hydroxyl groups is 1. The summed E-state index contributed by atoms with van der Waals surface area (Å²) in [6.07, 6.45) is 1.62. The minimum Gasteiger partial charge on any atom is -0.507 e. The van der Waals surface area contributed by atoms with Gasteiger partial charge < -0.3 is 29.6 Å². The van der Waals surface area contributed by atoms with Crippen LogP contribution < -0.4 is 9.64 Å². The van der Waals surface area contributed by atoms with Gasteiger partial charge in [0.15, 0.2) is 5.75 Å². The Hall–Kier alpha value is -3.37. The SMILES string of the molecule is C=CC(=O)N1CCN2C(=O)c3c(N4C[C@@](C)(O)CC4(C)C)nc(-c4c(O)cccc4F)c(Cl)c3OC[C@H]2C1. The van der Waals surface area contributed by atoms with Crippen LogP contribution in [0.25, 0.3) is 11.3 Å². The molecule has 11 heteroatoms. The van der Waals surface area contributed by atoms with Gasteiger partial charge in [0, 0.05) is 38.1 Å². The van der Waals surface area contributed by atoms with Crippen LogP contribution in [0.2, 0.25) is 5.02 Å². The summed E-state index contributed by atoms with van der Waals surface area (Å²) in [6.45, 7) is 10.1. The van der Waals surface area contributed by atoms with E-state index < -0.39 is 23.0 Å². The van der Waals surface area contributed by atoms with Crippen LogP contribution in [0.5, 0.6) is 11.5 Å². The Labute approximate surface area is 225 Å². The first-order valence-corrected chi connectivity index (χ1v) is 12.8. The molecule has 2 amide bonds. The molecule has 2 aromatic rings. The Morgan fingerprint density at radius 2 is 2.03 bits per heavy atom. The van der Waals surface area contributed by atoms with Gasteiger partial charge in [0.05, 0.1) is 17.2 Å². The van der Waals surface area contributed by atoms with Gasteiger partial charge in [0.2, 0.25) is 5.91 Å². The maximum absolute atomic E-state index is 15.0. The first-order valence-electron chi connectivity index (χ1n) is 12.4. The Morgan fingerprint density at radius 1 is 1.29 bits per heavy atom. The maximum atomic E-state index is 15.0. The van der Waals surface area contributed by atoms with Crippen molar-refractivity contribution in [2.45, 2.75) is 44.4 Å². The molecule has 202 valence electrons. The number of benzene rings is 1. The lowest BCUT2D eigenvalue weighted by Gasteiger charge is -2.40. The van der Waals surface area contributed by atoms with Gasteiger partial charge in [-0.15, -0.1) is 0 Å². The second-order valence-corrected chi connectivity index (χ2v) is 11.3. The van der Waals surface area contributed by atoms with E-state index in [4.69, 9.17) is 16.3 Å². The molecule has 0 radical (unpaired) electrons. The van der Waals surface area contributed by atoms with Gasteiger partial charge in [0.25, 0.3) is 5.91 Å². The summed E-state index contributed by atoms with van der Waals surface area (Å²) in [6, 6.07) is 3.41. The van der Waals surface area contributed by atoms with E-state index in [1.54, 1.807) is 16.7 Å². The molecule has 3 aliphatic heterocycles. The van der Waals surface area contributed by atoms with Gasteiger partial charge in [0.1, 0.15) is 40.3 Å². The van der Waals surface area contributed by atoms with Crippen LogP contribution in [-0.2, 0) is 4.79 Å². The average Bonchev–Trinajstić information content (AvgIpc) is 2.98. The summed E-state index contributed by atoms with van der Waals surface area (Å²) in [5, 5.41) is 21.4. The largest absolute Gasteiger partial charge is 0.507 e. The van der Waals surface area contributed by atoms with E-state index in [9.17, 15) is 19.8 Å². The van der Waals surface area contributed by atoms with E-state index in [0.717, 1.165) is 0 Å². The highest BCUT2D eigenvalue weighted by Crippen LogP contribution is 2.49. The Bertz CT molecular complexity index is 1330. The van der Waals surface area contributed by atoms with Crippen molar-refractivity contribution in [3.05, 3.63) is 47.3 Å². The topological polar surface area (TPSA) is 106 Å². The Morgan fingerprint density at radius 3 is 2.66 bits per heavy atom. The van der Waals surface area contributed by atoms with Crippen LogP contribution in [0.4, 0.5) is 10.2 Å². The van der Waals surface area contributed by atoms with Gasteiger partial charge >= 0.3 is 0 Å². The van der Waals surface area contributed by atoms with Gasteiger partial charge in [-0.3, -0.25) is 9.59 Å². The van der Waals surface area contributed by atoms with Gasteiger partial charge in [-0.1, -0.05) is 24.2 Å². The third-order valence-corrected chi connectivity index (χ3v) is 7.82. The molecule has 0 saturated carbocycles. The lowest BCUT2D eigenvalue weighted by molar-refractivity contribution is -0.128. The first kappa shape index (κ1) is 26.2. The summed E-state index contributed by atoms with van der Waals surface area (Å²) in [5.41, 5.74) is -1.90. The molecule has 9 nitrogen and oxygen atoms in total. The van der Waals surface area contributed by atoms with E-state index in [1.165, 1.54) is 24.3 Å². The zero-order valence-corrected chi connectivity index (χ0v) is 22.3. The van der Waals surface area contributed by atoms with Crippen molar-refractivity contribution < 1.29 is 28.9 Å². The smallest absolute Gasteiger partial charge is 0.261 e. The number of phenolic OH excluding ortho intramolecular Hbond substituents is 1. The normalized spacial score (nSPS) is 24.4. The highest BCUT2D eigenvalue weighted by molar-refractivity contribution is 6.35. The second-order valence-electron chi connectivity index (χ2n) is 11.0. The quantitative estimate of drug-likeness (QED) is 0.571. The highest BCUT2D eigenvalue weighted by atomic mass is 35.5. The number of fused-ring (bicyclic) bond motifs is 2. The fraction of sp³-hybridized carbons (Fsp3) is 0.444. The fourth-order valence-electron chi connectivity index (χ4n) is 5.88. The van der Waals surface area contributed by atoms with Crippen LogP contribution >= 0.6 is 11.6 Å². The number of carbonyl (C=O) groups excluding carboxylic acids is 2. The number of ether oxygens (including phenoxy) is 1. The van der Waals surface area contributed by atoms with Gasteiger partial charge in [-0.2, -0.15) is 0 Å². The minimum absolute atomic E-state index is 0.0256. The molecule has 5 rings (SSSR count). The molecule has 2 fully saturated rings. The molecule has 0 unspecified atom stereocenters. The van der Waals surface area contributed by atoms with Crippen LogP contribution in [0.15, 0.2) is 30.9 Å². The Kier molecular flexibility index (Phi) is 6.30. The van der Waals surface area contributed by atoms with E-state index in [2.05, 4.69) is 11.6 Å². The summed E-state index contributed by atoms with van der Waals surface area (Å²) >= 11 is 6.77. The Balaban J connectivity index is 1.71. The molecule has 0 bridgehead atoms.